The van der Waals surface area contributed by atoms with Crippen molar-refractivity contribution < 1.29 is 0 Å². The quantitative estimate of drug-likeness (QED) is 0.725. The van der Waals surface area contributed by atoms with Gasteiger partial charge >= 0.3 is 0 Å². The second-order valence-electron chi connectivity index (χ2n) is 5.59. The Morgan fingerprint density at radius 2 is 1.86 bits per heavy atom. The lowest BCUT2D eigenvalue weighted by atomic mass is 9.69. The first-order chi connectivity index (χ1) is 6.76. The van der Waals surface area contributed by atoms with Crippen LogP contribution in [0.25, 0.3) is 0 Å². The molecule has 2 fully saturated rings. The van der Waals surface area contributed by atoms with Gasteiger partial charge in [0.15, 0.2) is 0 Å². The lowest BCUT2D eigenvalue weighted by Crippen LogP contribution is -2.46. The summed E-state index contributed by atoms with van der Waals surface area (Å²) in [4.78, 5) is 0. The Balaban J connectivity index is 1.99. The maximum Gasteiger partial charge on any atom is 0.0149 e. The van der Waals surface area contributed by atoms with Crippen LogP contribution in [-0.2, 0) is 0 Å². The fourth-order valence-corrected chi connectivity index (χ4v) is 3.30. The third kappa shape index (κ3) is 2.13. The average Bonchev–Trinajstić information content (AvgIpc) is 2.98. The molecule has 1 heteroatoms. The van der Waals surface area contributed by atoms with Gasteiger partial charge in [-0.15, -0.1) is 0 Å². The molecule has 0 bridgehead atoms. The minimum atomic E-state index is 0.620. The molecular formula is C13H25N. The first-order valence-electron chi connectivity index (χ1n) is 6.49. The van der Waals surface area contributed by atoms with Crippen LogP contribution in [0.1, 0.15) is 58.8 Å². The Kier molecular flexibility index (Phi) is 3.16. The molecule has 0 aromatic rings. The molecule has 0 radical (unpaired) electrons. The van der Waals surface area contributed by atoms with E-state index in [0.717, 1.165) is 18.5 Å². The van der Waals surface area contributed by atoms with Crippen LogP contribution in [0.4, 0.5) is 0 Å². The van der Waals surface area contributed by atoms with Gasteiger partial charge in [-0.2, -0.15) is 0 Å². The summed E-state index contributed by atoms with van der Waals surface area (Å²) < 4.78 is 0. The van der Waals surface area contributed by atoms with Crippen molar-refractivity contribution in [1.29, 1.82) is 0 Å². The summed E-state index contributed by atoms with van der Waals surface area (Å²) in [6, 6.07) is 0.827. The van der Waals surface area contributed by atoms with Gasteiger partial charge in [0.2, 0.25) is 0 Å². The van der Waals surface area contributed by atoms with Crippen LogP contribution in [-0.4, -0.2) is 12.6 Å². The Morgan fingerprint density at radius 3 is 2.36 bits per heavy atom. The van der Waals surface area contributed by atoms with Gasteiger partial charge in [-0.1, -0.05) is 33.1 Å². The summed E-state index contributed by atoms with van der Waals surface area (Å²) >= 11 is 0. The summed E-state index contributed by atoms with van der Waals surface area (Å²) in [7, 11) is 0. The van der Waals surface area contributed by atoms with Crippen LogP contribution < -0.4 is 5.32 Å². The van der Waals surface area contributed by atoms with E-state index in [1.165, 1.54) is 44.9 Å². The van der Waals surface area contributed by atoms with E-state index in [4.69, 9.17) is 0 Å². The topological polar surface area (TPSA) is 12.0 Å². The second kappa shape index (κ2) is 4.22. The number of rotatable bonds is 4. The van der Waals surface area contributed by atoms with Crippen molar-refractivity contribution >= 4 is 0 Å². The van der Waals surface area contributed by atoms with Crippen molar-refractivity contribution in [2.45, 2.75) is 64.8 Å². The van der Waals surface area contributed by atoms with Gasteiger partial charge in [-0.25, -0.2) is 0 Å². The maximum absolute atomic E-state index is 3.75. The summed E-state index contributed by atoms with van der Waals surface area (Å²) in [6.45, 7) is 5.93. The molecule has 1 atom stereocenters. The zero-order valence-electron chi connectivity index (χ0n) is 9.81. The van der Waals surface area contributed by atoms with Crippen molar-refractivity contribution in [2.75, 3.05) is 6.54 Å². The van der Waals surface area contributed by atoms with E-state index >= 15 is 0 Å². The molecule has 0 amide bonds. The number of hydrogen-bond donors (Lipinski definition) is 1. The molecular weight excluding hydrogens is 170 g/mol. The molecule has 2 aliphatic carbocycles. The van der Waals surface area contributed by atoms with Crippen molar-refractivity contribution in [3.63, 3.8) is 0 Å². The standard InChI is InChI=1S/C13H25N/c1-3-14-12(11-7-8-11)13(2)9-5-4-6-10-13/h11-12,14H,3-10H2,1-2H3. The van der Waals surface area contributed by atoms with Crippen LogP contribution in [0.5, 0.6) is 0 Å². The van der Waals surface area contributed by atoms with Gasteiger partial charge < -0.3 is 5.32 Å². The van der Waals surface area contributed by atoms with E-state index in [1.807, 2.05) is 0 Å². The highest BCUT2D eigenvalue weighted by molar-refractivity contribution is 4.98. The number of hydrogen-bond acceptors (Lipinski definition) is 1. The number of nitrogens with one attached hydrogen (secondary N) is 1. The normalized spacial score (nSPS) is 28.7. The van der Waals surface area contributed by atoms with Gasteiger partial charge in [0.1, 0.15) is 0 Å². The Labute approximate surface area is 88.7 Å². The SMILES string of the molecule is CCNC(C1CC1)C1(C)CCCCC1. The van der Waals surface area contributed by atoms with Crippen LogP contribution in [0, 0.1) is 11.3 Å². The fraction of sp³-hybridized carbons (Fsp3) is 1.00. The molecule has 2 saturated carbocycles. The molecule has 0 saturated heterocycles. The van der Waals surface area contributed by atoms with Gasteiger partial charge in [-0.3, -0.25) is 0 Å². The molecule has 2 aliphatic rings. The highest BCUT2D eigenvalue weighted by atomic mass is 14.9. The molecule has 1 unspecified atom stereocenters. The lowest BCUT2D eigenvalue weighted by Gasteiger charge is -2.41. The fourth-order valence-electron chi connectivity index (χ4n) is 3.30. The Bertz CT molecular complexity index is 178. The van der Waals surface area contributed by atoms with Crippen LogP contribution in [0.2, 0.25) is 0 Å². The second-order valence-corrected chi connectivity index (χ2v) is 5.59. The van der Waals surface area contributed by atoms with Crippen molar-refractivity contribution in [2.24, 2.45) is 11.3 Å². The zero-order chi connectivity index (χ0) is 10.0. The van der Waals surface area contributed by atoms with Gasteiger partial charge in [0.25, 0.3) is 0 Å². The monoisotopic (exact) mass is 195 g/mol. The first kappa shape index (κ1) is 10.5. The molecule has 0 spiro atoms. The van der Waals surface area contributed by atoms with Gasteiger partial charge in [0.05, 0.1) is 0 Å². The third-order valence-electron chi connectivity index (χ3n) is 4.26. The zero-order valence-corrected chi connectivity index (χ0v) is 9.81. The van der Waals surface area contributed by atoms with E-state index in [9.17, 15) is 0 Å². The molecule has 0 aromatic carbocycles. The predicted octanol–water partition coefficient (Wildman–Crippen LogP) is 3.34. The van der Waals surface area contributed by atoms with Gasteiger partial charge in [0, 0.05) is 6.04 Å². The first-order valence-corrected chi connectivity index (χ1v) is 6.49. The minimum absolute atomic E-state index is 0.620. The molecule has 1 nitrogen and oxygen atoms in total. The van der Waals surface area contributed by atoms with Crippen LogP contribution in [0.3, 0.4) is 0 Å². The predicted molar refractivity (Wildman–Crippen MR) is 61.4 cm³/mol. The van der Waals surface area contributed by atoms with E-state index in [0.29, 0.717) is 5.41 Å². The van der Waals surface area contributed by atoms with E-state index in [2.05, 4.69) is 19.2 Å². The molecule has 2 rings (SSSR count). The largest absolute Gasteiger partial charge is 0.313 e. The molecule has 82 valence electrons. The summed E-state index contributed by atoms with van der Waals surface area (Å²) in [6.07, 6.45) is 10.3. The van der Waals surface area contributed by atoms with Crippen LogP contribution >= 0.6 is 0 Å². The third-order valence-corrected chi connectivity index (χ3v) is 4.26. The van der Waals surface area contributed by atoms with Crippen molar-refractivity contribution in [3.05, 3.63) is 0 Å². The Hall–Kier alpha value is -0.0400. The van der Waals surface area contributed by atoms with Gasteiger partial charge in [-0.05, 0) is 43.6 Å². The Morgan fingerprint density at radius 1 is 1.21 bits per heavy atom. The van der Waals surface area contributed by atoms with Crippen molar-refractivity contribution in [3.8, 4) is 0 Å². The van der Waals surface area contributed by atoms with Crippen LogP contribution in [0.15, 0.2) is 0 Å². The highest BCUT2D eigenvalue weighted by Crippen LogP contribution is 2.47. The van der Waals surface area contributed by atoms with E-state index in [1.54, 1.807) is 0 Å². The van der Waals surface area contributed by atoms with Crippen molar-refractivity contribution in [1.82, 2.24) is 5.32 Å². The maximum atomic E-state index is 3.75. The van der Waals surface area contributed by atoms with E-state index < -0.39 is 0 Å². The molecule has 14 heavy (non-hydrogen) atoms. The molecule has 0 aromatic heterocycles. The molecule has 1 N–H and O–H groups in total. The summed E-state index contributed by atoms with van der Waals surface area (Å²) in [5, 5.41) is 3.75. The minimum Gasteiger partial charge on any atom is -0.313 e. The smallest absolute Gasteiger partial charge is 0.0149 e. The average molecular weight is 195 g/mol. The summed E-state index contributed by atoms with van der Waals surface area (Å²) in [5.74, 6) is 1.01. The lowest BCUT2D eigenvalue weighted by molar-refractivity contribution is 0.131. The molecule has 0 aliphatic heterocycles. The molecule has 0 heterocycles. The highest BCUT2D eigenvalue weighted by Gasteiger charge is 2.43. The van der Waals surface area contributed by atoms with E-state index in [-0.39, 0.29) is 0 Å². The summed E-state index contributed by atoms with van der Waals surface area (Å²) in [5.41, 5.74) is 0.620.